The molecular formula is C15H24O. The minimum absolute atomic E-state index is 0.182. The number of hydrogen-bond donors (Lipinski definition) is 0. The average Bonchev–Trinajstić information content (AvgIpc) is 2.13. The van der Waals surface area contributed by atoms with E-state index in [9.17, 15) is 0 Å². The van der Waals surface area contributed by atoms with E-state index in [1.165, 1.54) is 5.56 Å². The van der Waals surface area contributed by atoms with Gasteiger partial charge < -0.3 is 4.74 Å². The predicted molar refractivity (Wildman–Crippen MR) is 70.1 cm³/mol. The fourth-order valence-electron chi connectivity index (χ4n) is 1.35. The Morgan fingerprint density at radius 2 is 1.62 bits per heavy atom. The van der Waals surface area contributed by atoms with Gasteiger partial charge >= 0.3 is 0 Å². The maximum atomic E-state index is 5.81. The lowest BCUT2D eigenvalue weighted by molar-refractivity contribution is 0.197. The molecule has 0 spiro atoms. The number of ether oxygens (including phenoxy) is 1. The Morgan fingerprint density at radius 3 is 2.12 bits per heavy atom. The van der Waals surface area contributed by atoms with Gasteiger partial charge in [-0.3, -0.25) is 0 Å². The second-order valence-electron chi connectivity index (χ2n) is 6.63. The molecule has 0 saturated carbocycles. The van der Waals surface area contributed by atoms with Gasteiger partial charge in [-0.1, -0.05) is 53.7 Å². The molecule has 1 aromatic carbocycles. The van der Waals surface area contributed by atoms with Gasteiger partial charge in [0.05, 0.1) is 6.61 Å². The molecule has 1 heteroatoms. The summed E-state index contributed by atoms with van der Waals surface area (Å²) in [5.41, 5.74) is 1.71. The molecule has 0 N–H and O–H groups in total. The van der Waals surface area contributed by atoms with Crippen LogP contribution in [-0.4, -0.2) is 6.61 Å². The summed E-state index contributed by atoms with van der Waals surface area (Å²) < 4.78 is 5.81. The third-order valence-electron chi connectivity index (χ3n) is 2.37. The Morgan fingerprint density at radius 1 is 1.00 bits per heavy atom. The summed E-state index contributed by atoms with van der Waals surface area (Å²) in [4.78, 5) is 0. The van der Waals surface area contributed by atoms with Crippen LogP contribution in [0.15, 0.2) is 24.3 Å². The Bertz CT molecular complexity index is 339. The molecule has 0 radical (unpaired) electrons. The normalized spacial score (nSPS) is 12.6. The molecule has 0 fully saturated rings. The fourth-order valence-corrected chi connectivity index (χ4v) is 1.35. The van der Waals surface area contributed by atoms with E-state index in [1.54, 1.807) is 0 Å². The van der Waals surface area contributed by atoms with E-state index in [0.717, 1.165) is 12.4 Å². The Labute approximate surface area is 99.8 Å². The minimum atomic E-state index is 0.182. The Hall–Kier alpha value is -0.980. The van der Waals surface area contributed by atoms with E-state index in [0.29, 0.717) is 0 Å². The van der Waals surface area contributed by atoms with Gasteiger partial charge in [0, 0.05) is 0 Å². The summed E-state index contributed by atoms with van der Waals surface area (Å²) in [5.74, 6) is 0.974. The summed E-state index contributed by atoms with van der Waals surface area (Å²) in [6.07, 6.45) is 0. The minimum Gasteiger partial charge on any atom is -0.493 e. The van der Waals surface area contributed by atoms with Crippen LogP contribution in [0.3, 0.4) is 0 Å². The zero-order valence-electron chi connectivity index (χ0n) is 11.4. The summed E-state index contributed by atoms with van der Waals surface area (Å²) >= 11 is 0. The quantitative estimate of drug-likeness (QED) is 0.717. The van der Waals surface area contributed by atoms with E-state index in [-0.39, 0.29) is 10.8 Å². The third kappa shape index (κ3) is 4.26. The molecule has 0 aliphatic heterocycles. The molecule has 0 heterocycles. The Kier molecular flexibility index (Phi) is 3.67. The van der Waals surface area contributed by atoms with E-state index in [2.05, 4.69) is 59.7 Å². The first-order valence-electron chi connectivity index (χ1n) is 5.92. The van der Waals surface area contributed by atoms with Crippen molar-refractivity contribution in [2.24, 2.45) is 5.41 Å². The van der Waals surface area contributed by atoms with Crippen LogP contribution in [0, 0.1) is 5.41 Å². The molecule has 0 atom stereocenters. The van der Waals surface area contributed by atoms with Crippen LogP contribution in [0.5, 0.6) is 5.75 Å². The highest BCUT2D eigenvalue weighted by molar-refractivity contribution is 5.32. The van der Waals surface area contributed by atoms with E-state index < -0.39 is 0 Å². The maximum absolute atomic E-state index is 5.81. The molecular weight excluding hydrogens is 196 g/mol. The van der Waals surface area contributed by atoms with Crippen LogP contribution >= 0.6 is 0 Å². The smallest absolute Gasteiger partial charge is 0.119 e. The van der Waals surface area contributed by atoms with Crippen molar-refractivity contribution in [1.82, 2.24) is 0 Å². The maximum Gasteiger partial charge on any atom is 0.119 e. The van der Waals surface area contributed by atoms with Gasteiger partial charge in [0.2, 0.25) is 0 Å². The summed E-state index contributed by atoms with van der Waals surface area (Å²) in [7, 11) is 0. The highest BCUT2D eigenvalue weighted by atomic mass is 16.5. The average molecular weight is 220 g/mol. The van der Waals surface area contributed by atoms with E-state index in [4.69, 9.17) is 4.74 Å². The molecule has 0 bridgehead atoms. The van der Waals surface area contributed by atoms with E-state index >= 15 is 0 Å². The number of hydrogen-bond acceptors (Lipinski definition) is 1. The number of rotatable bonds is 2. The molecule has 0 unspecified atom stereocenters. The van der Waals surface area contributed by atoms with Crippen LogP contribution in [-0.2, 0) is 5.41 Å². The van der Waals surface area contributed by atoms with Crippen LogP contribution in [0.4, 0.5) is 0 Å². The first kappa shape index (κ1) is 13.1. The van der Waals surface area contributed by atoms with Crippen molar-refractivity contribution in [3.8, 4) is 5.75 Å². The lowest BCUT2D eigenvalue weighted by atomic mass is 9.87. The van der Waals surface area contributed by atoms with Gasteiger partial charge in [0.15, 0.2) is 0 Å². The van der Waals surface area contributed by atoms with Crippen molar-refractivity contribution >= 4 is 0 Å². The molecule has 1 nitrogen and oxygen atoms in total. The molecule has 0 aliphatic carbocycles. The van der Waals surface area contributed by atoms with Crippen molar-refractivity contribution in [3.63, 3.8) is 0 Å². The first-order chi connectivity index (χ1) is 7.18. The molecule has 0 aliphatic rings. The second kappa shape index (κ2) is 4.48. The third-order valence-corrected chi connectivity index (χ3v) is 2.37. The molecule has 16 heavy (non-hydrogen) atoms. The number of benzene rings is 1. The van der Waals surface area contributed by atoms with Crippen molar-refractivity contribution in [1.29, 1.82) is 0 Å². The van der Waals surface area contributed by atoms with Crippen molar-refractivity contribution in [3.05, 3.63) is 29.8 Å². The largest absolute Gasteiger partial charge is 0.493 e. The van der Waals surface area contributed by atoms with Gasteiger partial charge in [-0.25, -0.2) is 0 Å². The topological polar surface area (TPSA) is 9.23 Å². The standard InChI is InChI=1S/C15H24O/c1-14(2,3)11-16-13-9-7-8-12(10-13)15(4,5)6/h7-10H,11H2,1-6H3. The Balaban J connectivity index is 2.76. The van der Waals surface area contributed by atoms with Crippen LogP contribution in [0.1, 0.15) is 47.1 Å². The molecule has 0 saturated heterocycles. The monoisotopic (exact) mass is 220 g/mol. The molecule has 1 rings (SSSR count). The fraction of sp³-hybridized carbons (Fsp3) is 0.600. The predicted octanol–water partition coefficient (Wildman–Crippen LogP) is 4.41. The lowest BCUT2D eigenvalue weighted by Gasteiger charge is -2.22. The molecule has 1 aromatic rings. The van der Waals surface area contributed by atoms with Gasteiger partial charge in [-0.2, -0.15) is 0 Å². The van der Waals surface area contributed by atoms with Crippen LogP contribution < -0.4 is 4.74 Å². The SMILES string of the molecule is CC(C)(C)COc1cccc(C(C)(C)C)c1. The highest BCUT2D eigenvalue weighted by Crippen LogP contribution is 2.26. The van der Waals surface area contributed by atoms with Crippen molar-refractivity contribution in [2.75, 3.05) is 6.61 Å². The lowest BCUT2D eigenvalue weighted by Crippen LogP contribution is -2.17. The summed E-state index contributed by atoms with van der Waals surface area (Å²) in [6, 6.07) is 8.40. The van der Waals surface area contributed by atoms with Gasteiger partial charge in [-0.05, 0) is 28.5 Å². The summed E-state index contributed by atoms with van der Waals surface area (Å²) in [6.45, 7) is 13.9. The molecule has 90 valence electrons. The zero-order chi connectivity index (χ0) is 12.4. The van der Waals surface area contributed by atoms with Crippen LogP contribution in [0.2, 0.25) is 0 Å². The second-order valence-corrected chi connectivity index (χ2v) is 6.63. The van der Waals surface area contributed by atoms with E-state index in [1.807, 2.05) is 6.07 Å². The van der Waals surface area contributed by atoms with Crippen LogP contribution in [0.25, 0.3) is 0 Å². The van der Waals surface area contributed by atoms with Crippen molar-refractivity contribution < 1.29 is 4.74 Å². The highest BCUT2D eigenvalue weighted by Gasteiger charge is 2.15. The zero-order valence-corrected chi connectivity index (χ0v) is 11.4. The van der Waals surface area contributed by atoms with Gasteiger partial charge in [0.1, 0.15) is 5.75 Å². The first-order valence-corrected chi connectivity index (χ1v) is 5.92. The van der Waals surface area contributed by atoms with Gasteiger partial charge in [-0.15, -0.1) is 0 Å². The molecule has 0 amide bonds. The molecule has 0 aromatic heterocycles. The summed E-state index contributed by atoms with van der Waals surface area (Å²) in [5, 5.41) is 0. The van der Waals surface area contributed by atoms with Gasteiger partial charge in [0.25, 0.3) is 0 Å². The van der Waals surface area contributed by atoms with Crippen molar-refractivity contribution in [2.45, 2.75) is 47.0 Å².